The van der Waals surface area contributed by atoms with Crippen LogP contribution >= 0.6 is 0 Å². The van der Waals surface area contributed by atoms with Crippen LogP contribution in [0.1, 0.15) is 50.2 Å². The Hall–Kier alpha value is -4.10. The Bertz CT molecular complexity index is 1950. The minimum Gasteiger partial charge on any atom is -0.0807 e. The first-order valence-corrected chi connectivity index (χ1v) is 14.9. The third-order valence-electron chi connectivity index (χ3n) is 9.11. The summed E-state index contributed by atoms with van der Waals surface area (Å²) in [5.74, 6) is 0. The van der Waals surface area contributed by atoms with Crippen LogP contribution in [0.4, 0.5) is 0 Å². The summed E-state index contributed by atoms with van der Waals surface area (Å²) in [5, 5.41) is 8.09. The van der Waals surface area contributed by atoms with Gasteiger partial charge in [0.15, 0.2) is 0 Å². The lowest BCUT2D eigenvalue weighted by molar-refractivity contribution is 0.742. The first-order chi connectivity index (χ1) is 19.7. The fraction of sp³-hybridized carbons (Fsp3) is 0.179. The zero-order valence-corrected chi connectivity index (χ0v) is 23.6. The van der Waals surface area contributed by atoms with Crippen LogP contribution in [0.3, 0.4) is 0 Å². The van der Waals surface area contributed by atoms with Gasteiger partial charge < -0.3 is 0 Å². The summed E-state index contributed by atoms with van der Waals surface area (Å²) in [7, 11) is 0. The van der Waals surface area contributed by atoms with Gasteiger partial charge in [0.1, 0.15) is 0 Å². The third kappa shape index (κ3) is 4.25. The van der Waals surface area contributed by atoms with Crippen LogP contribution in [0.15, 0.2) is 115 Å². The summed E-state index contributed by atoms with van der Waals surface area (Å²) in [6, 6.07) is 36.6. The molecule has 0 atom stereocenters. The van der Waals surface area contributed by atoms with E-state index in [1.165, 1.54) is 96.3 Å². The van der Waals surface area contributed by atoms with Gasteiger partial charge in [0.25, 0.3) is 0 Å². The Morgan fingerprint density at radius 3 is 2.25 bits per heavy atom. The summed E-state index contributed by atoms with van der Waals surface area (Å²) in [5.41, 5.74) is 9.91. The Morgan fingerprint density at radius 1 is 0.625 bits per heavy atom. The van der Waals surface area contributed by atoms with Crippen molar-refractivity contribution in [2.45, 2.75) is 46.0 Å². The van der Waals surface area contributed by atoms with Crippen LogP contribution < -0.4 is 21.4 Å². The van der Waals surface area contributed by atoms with Crippen LogP contribution in [0, 0.1) is 6.92 Å². The average molecular weight is 515 g/mol. The Kier molecular flexibility index (Phi) is 6.52. The molecule has 2 aliphatic rings. The van der Waals surface area contributed by atoms with Gasteiger partial charge in [0.2, 0.25) is 6.71 Å². The van der Waals surface area contributed by atoms with Gasteiger partial charge >= 0.3 is 0 Å². The minimum atomic E-state index is 0.106. The van der Waals surface area contributed by atoms with E-state index in [1.807, 2.05) is 0 Å². The molecule has 0 saturated carbocycles. The molecule has 7 rings (SSSR count). The smallest absolute Gasteiger partial charge is 0.0807 e. The highest BCUT2D eigenvalue weighted by Gasteiger charge is 2.31. The Labute approximate surface area is 238 Å². The Morgan fingerprint density at radius 2 is 1.40 bits per heavy atom. The fourth-order valence-corrected chi connectivity index (χ4v) is 7.17. The predicted octanol–water partition coefficient (Wildman–Crippen LogP) is 7.39. The maximum atomic E-state index is 2.48. The molecule has 1 heteroatoms. The van der Waals surface area contributed by atoms with Gasteiger partial charge in [-0.2, -0.15) is 0 Å². The highest BCUT2D eigenvalue weighted by molar-refractivity contribution is 7.02. The molecule has 0 fully saturated rings. The summed E-state index contributed by atoms with van der Waals surface area (Å²) < 4.78 is 0. The molecule has 0 amide bonds. The van der Waals surface area contributed by atoms with E-state index in [9.17, 15) is 0 Å². The summed E-state index contributed by atoms with van der Waals surface area (Å²) in [4.78, 5) is 0. The maximum absolute atomic E-state index is 2.48. The predicted molar refractivity (Wildman–Crippen MR) is 176 cm³/mol. The lowest BCUT2D eigenvalue weighted by Gasteiger charge is -2.26. The molecule has 40 heavy (non-hydrogen) atoms. The lowest BCUT2D eigenvalue weighted by atomic mass is 9.33. The third-order valence-corrected chi connectivity index (χ3v) is 9.11. The standard InChI is InChI=1S/C39H35B/c1-27-13-12-18-30-16-6-8-19-33(30)38(27)40(39-28(2)23-24-31-17-7-9-20-34(31)39)37-26-25-32(29-14-4-3-5-15-29)35-21-10-11-22-36(35)37/h6-11,13-14,16-26H,3-5,12,15H2,1-2H3. The molecule has 2 aliphatic carbocycles. The molecule has 0 aliphatic heterocycles. The topological polar surface area (TPSA) is 0 Å². The molecule has 0 radical (unpaired) electrons. The molecule has 0 saturated heterocycles. The normalized spacial score (nSPS) is 15.2. The highest BCUT2D eigenvalue weighted by Crippen LogP contribution is 2.32. The van der Waals surface area contributed by atoms with Crippen molar-refractivity contribution in [3.05, 3.63) is 136 Å². The van der Waals surface area contributed by atoms with Crippen LogP contribution in [0.25, 0.3) is 38.7 Å². The van der Waals surface area contributed by atoms with Gasteiger partial charge in [0.05, 0.1) is 0 Å². The number of fused-ring (bicyclic) bond motifs is 3. The molecule has 0 aromatic heterocycles. The molecule has 5 aromatic carbocycles. The number of allylic oxidation sites excluding steroid dienone is 4. The molecule has 0 spiro atoms. The van der Waals surface area contributed by atoms with E-state index in [0.717, 1.165) is 6.42 Å². The SMILES string of the molecule is CC1=CCC=c2ccccc2=C1B(c1c(C)ccc2ccccc12)c1ccc(C2=CCCCC2)c2ccccc12. The van der Waals surface area contributed by atoms with E-state index >= 15 is 0 Å². The van der Waals surface area contributed by atoms with Gasteiger partial charge in [-0.25, -0.2) is 0 Å². The molecule has 0 N–H and O–H groups in total. The fourth-order valence-electron chi connectivity index (χ4n) is 7.17. The van der Waals surface area contributed by atoms with Crippen LogP contribution in [0.2, 0.25) is 0 Å². The second kappa shape index (κ2) is 10.5. The lowest BCUT2D eigenvalue weighted by Crippen LogP contribution is -2.49. The number of hydrogen-bond acceptors (Lipinski definition) is 0. The molecule has 5 aromatic rings. The van der Waals surface area contributed by atoms with E-state index in [1.54, 1.807) is 0 Å². The monoisotopic (exact) mass is 514 g/mol. The summed E-state index contributed by atoms with van der Waals surface area (Å²) in [6.07, 6.45) is 13.2. The first kappa shape index (κ1) is 24.9. The van der Waals surface area contributed by atoms with Crippen molar-refractivity contribution in [2.24, 2.45) is 0 Å². The zero-order chi connectivity index (χ0) is 27.1. The molecule has 0 unspecified atom stereocenters. The molecule has 0 bridgehead atoms. The van der Waals surface area contributed by atoms with Gasteiger partial charge in [-0.15, -0.1) is 0 Å². The largest absolute Gasteiger partial charge is 0.244 e. The van der Waals surface area contributed by atoms with Crippen LogP contribution in [0.5, 0.6) is 0 Å². The van der Waals surface area contributed by atoms with Crippen LogP contribution in [-0.4, -0.2) is 6.71 Å². The van der Waals surface area contributed by atoms with Crippen molar-refractivity contribution in [1.29, 1.82) is 0 Å². The first-order valence-electron chi connectivity index (χ1n) is 14.9. The van der Waals surface area contributed by atoms with E-state index in [0.29, 0.717) is 0 Å². The number of benzene rings is 5. The van der Waals surface area contributed by atoms with Crippen LogP contribution in [-0.2, 0) is 0 Å². The number of hydrogen-bond donors (Lipinski definition) is 0. The number of rotatable bonds is 4. The average Bonchev–Trinajstić information content (AvgIpc) is 3.17. The summed E-state index contributed by atoms with van der Waals surface area (Å²) >= 11 is 0. The quantitative estimate of drug-likeness (QED) is 0.220. The van der Waals surface area contributed by atoms with Crippen molar-refractivity contribution in [2.75, 3.05) is 0 Å². The van der Waals surface area contributed by atoms with Crippen molar-refractivity contribution < 1.29 is 0 Å². The van der Waals surface area contributed by atoms with E-state index in [4.69, 9.17) is 0 Å². The van der Waals surface area contributed by atoms with Gasteiger partial charge in [-0.1, -0.05) is 143 Å². The molecule has 0 nitrogen and oxygen atoms in total. The van der Waals surface area contributed by atoms with E-state index in [2.05, 4.69) is 129 Å². The van der Waals surface area contributed by atoms with E-state index in [-0.39, 0.29) is 6.71 Å². The van der Waals surface area contributed by atoms with Gasteiger partial charge in [0, 0.05) is 0 Å². The molecular formula is C39H35B. The van der Waals surface area contributed by atoms with Crippen molar-refractivity contribution in [3.63, 3.8) is 0 Å². The maximum Gasteiger partial charge on any atom is 0.244 e. The zero-order valence-electron chi connectivity index (χ0n) is 23.6. The van der Waals surface area contributed by atoms with Gasteiger partial charge in [-0.05, 0) is 89.1 Å². The minimum absolute atomic E-state index is 0.106. The second-order valence-corrected chi connectivity index (χ2v) is 11.5. The van der Waals surface area contributed by atoms with Crippen molar-refractivity contribution in [3.8, 4) is 0 Å². The summed E-state index contributed by atoms with van der Waals surface area (Å²) in [6.45, 7) is 4.73. The molecule has 0 heterocycles. The molecular weight excluding hydrogens is 479 g/mol. The molecule has 194 valence electrons. The van der Waals surface area contributed by atoms with Gasteiger partial charge in [-0.3, -0.25) is 0 Å². The second-order valence-electron chi connectivity index (χ2n) is 11.5. The highest BCUT2D eigenvalue weighted by atomic mass is 14.2. The Balaban J connectivity index is 1.62. The number of aryl methyl sites for hydroxylation is 1. The van der Waals surface area contributed by atoms with Crippen molar-refractivity contribution >= 4 is 56.3 Å². The van der Waals surface area contributed by atoms with E-state index < -0.39 is 0 Å². The van der Waals surface area contributed by atoms with Crippen molar-refractivity contribution in [1.82, 2.24) is 0 Å².